The Morgan fingerprint density at radius 3 is 1.36 bits per heavy atom. The number of morpholine rings is 2. The van der Waals surface area contributed by atoms with Crippen molar-refractivity contribution in [2.45, 2.75) is 111 Å². The molecule has 0 bridgehead atoms. The van der Waals surface area contributed by atoms with Gasteiger partial charge in [-0.05, 0) is 134 Å². The van der Waals surface area contributed by atoms with Gasteiger partial charge in [0.2, 0.25) is 31.7 Å². The fraction of sp³-hybridized carbons (Fsp3) is 0.434. The predicted molar refractivity (Wildman–Crippen MR) is 291 cm³/mol. The Morgan fingerprint density at radius 2 is 0.988 bits per heavy atom. The first-order valence-corrected chi connectivity index (χ1v) is 28.9. The third-order valence-electron chi connectivity index (χ3n) is 12.5. The number of aromatic nitrogens is 4. The first-order chi connectivity index (χ1) is 37.4. The first-order valence-electron chi connectivity index (χ1n) is 25.1. The lowest BCUT2D eigenvalue weighted by Gasteiger charge is -2.36. The van der Waals surface area contributed by atoms with Crippen molar-refractivity contribution in [1.82, 2.24) is 25.3 Å². The highest BCUT2D eigenvalue weighted by atomic mass is 32.2. The van der Waals surface area contributed by atoms with Gasteiger partial charge in [-0.3, -0.25) is 19.0 Å². The topological polar surface area (TPSA) is 241 Å². The van der Waals surface area contributed by atoms with Crippen molar-refractivity contribution in [3.8, 4) is 0 Å². The number of hydrogen-bond donors (Lipinski definition) is 4. The normalized spacial score (nSPS) is 18.7. The third kappa shape index (κ3) is 16.6. The average Bonchev–Trinajstić information content (AvgIpc) is 3.44. The fourth-order valence-electron chi connectivity index (χ4n) is 9.09. The molecule has 18 nitrogen and oxygen atoms in total. The van der Waals surface area contributed by atoms with Gasteiger partial charge < -0.3 is 30.3 Å². The molecule has 0 aliphatic carbocycles. The van der Waals surface area contributed by atoms with Gasteiger partial charge in [0, 0.05) is 65.2 Å². The van der Waals surface area contributed by atoms with Gasteiger partial charge in [0.15, 0.2) is 5.78 Å². The maximum atomic E-state index is 14.9. The zero-order valence-electron chi connectivity index (χ0n) is 45.9. The summed E-state index contributed by atoms with van der Waals surface area (Å²) in [6.07, 6.45) is -8.24. The van der Waals surface area contributed by atoms with E-state index in [0.29, 0.717) is 53.8 Å². The highest BCUT2D eigenvalue weighted by Crippen LogP contribution is 2.36. The van der Waals surface area contributed by atoms with E-state index in [0.717, 1.165) is 24.6 Å². The van der Waals surface area contributed by atoms with Crippen LogP contribution in [0.3, 0.4) is 0 Å². The first kappa shape index (κ1) is 63.3. The number of hydrogen-bond acceptors (Lipinski definition) is 15. The van der Waals surface area contributed by atoms with Gasteiger partial charge in [-0.1, -0.05) is 0 Å². The molecule has 0 radical (unpaired) electrons. The predicted octanol–water partition coefficient (Wildman–Crippen LogP) is 9.56. The summed E-state index contributed by atoms with van der Waals surface area (Å²) in [6, 6.07) is 12.5. The molecule has 2 aliphatic rings. The quantitative estimate of drug-likeness (QED) is 0.0697. The van der Waals surface area contributed by atoms with E-state index < -0.39 is 73.7 Å². The molecule has 440 valence electrons. The number of halogens is 8. The number of aryl methyl sites for hydroxylation is 2. The molecule has 2 fully saturated rings. The molecule has 81 heavy (non-hydrogen) atoms. The Labute approximate surface area is 463 Å². The second kappa shape index (κ2) is 24.7. The van der Waals surface area contributed by atoms with Gasteiger partial charge in [0.1, 0.15) is 23.3 Å². The number of nitrogens with zero attached hydrogens (tertiary/aromatic N) is 6. The molecule has 2 aromatic heterocycles. The molecule has 28 heteroatoms. The number of carbonyl (C=O) groups is 2. The molecule has 0 spiro atoms. The van der Waals surface area contributed by atoms with Crippen LogP contribution in [0.15, 0.2) is 60.7 Å². The number of benzene rings is 4. The summed E-state index contributed by atoms with van der Waals surface area (Å²) in [5.74, 6) is -4.25. The van der Waals surface area contributed by atoms with Gasteiger partial charge in [0.05, 0.1) is 65.4 Å². The molecular formula is C53H62F8N10O8S2. The molecule has 4 aromatic carbocycles. The standard InChI is InChI=1S/C26H29F4N5O4S.C17H18F3N3O2.C10H15FN2O2S/c1-13-8-18(20(27)10-22(13)34-40(5,37)38)16(4)31-24(36)17-6-7-21-19(9-17)23(33-25(32-21)26(28,29)30)35-11-14(2)39-15(3)12-35;1-9-7-23(8-10(2)25-9)15-13-6-12(11(3)24)4-5-14(13)21-16(22-15)17(18,19)20;1-6-4-8(7(2)12)9(11)5-10(6)13-16(3,14)15/h6-10,14-16,34H,11-12H2,1-5H3,(H,31,36);4-6,9-10H,7-8H2,1-3H3;4-5,7,13H,12H2,1-3H3/t14?,15?,16-;;7-/m1.1/s1. The van der Waals surface area contributed by atoms with Gasteiger partial charge in [0.25, 0.3) is 5.91 Å². The van der Waals surface area contributed by atoms with Crippen LogP contribution in [0, 0.1) is 25.5 Å². The Morgan fingerprint density at radius 1 is 0.617 bits per heavy atom. The number of amides is 1. The summed E-state index contributed by atoms with van der Waals surface area (Å²) >= 11 is 0. The van der Waals surface area contributed by atoms with Crippen LogP contribution in [0.2, 0.25) is 0 Å². The zero-order valence-corrected chi connectivity index (χ0v) is 47.6. The summed E-state index contributed by atoms with van der Waals surface area (Å²) < 4.78 is 170. The van der Waals surface area contributed by atoms with Crippen LogP contribution in [0.4, 0.5) is 58.1 Å². The van der Waals surface area contributed by atoms with Gasteiger partial charge in [-0.15, -0.1) is 0 Å². The number of ketones is 1. The zero-order chi connectivity index (χ0) is 60.4. The molecule has 6 atom stereocenters. The fourth-order valence-corrected chi connectivity index (χ4v) is 10.3. The largest absolute Gasteiger partial charge is 0.451 e. The molecule has 4 unspecified atom stereocenters. The second-order valence-corrected chi connectivity index (χ2v) is 23.7. The monoisotopic (exact) mass is 1180 g/mol. The number of nitrogens with two attached hydrogens (primary N) is 1. The minimum absolute atomic E-state index is 0.0179. The summed E-state index contributed by atoms with van der Waals surface area (Å²) in [6.45, 7) is 16.7. The van der Waals surface area contributed by atoms with E-state index in [1.807, 2.05) is 27.7 Å². The van der Waals surface area contributed by atoms with E-state index in [-0.39, 0.29) is 80.8 Å². The SMILES string of the molecule is CC(=O)c1ccc2nc(C(F)(F)F)nc(N3CC(C)OC(C)C3)c2c1.Cc1cc([C@@H](C)N)c(F)cc1NS(C)(=O)=O.Cc1cc([C@@H](C)NC(=O)c2ccc3nc(C(F)(F)F)nc(N4CC(C)OC(C)C4)c3c2)c(F)cc1NS(C)(=O)=O. The molecule has 0 saturated carbocycles. The van der Waals surface area contributed by atoms with E-state index in [1.54, 1.807) is 49.6 Å². The van der Waals surface area contributed by atoms with Crippen molar-refractivity contribution < 1.29 is 71.0 Å². The van der Waals surface area contributed by atoms with Gasteiger partial charge in [-0.2, -0.15) is 26.3 Å². The third-order valence-corrected chi connectivity index (χ3v) is 13.7. The van der Waals surface area contributed by atoms with Crippen LogP contribution in [0.25, 0.3) is 21.8 Å². The van der Waals surface area contributed by atoms with E-state index >= 15 is 0 Å². The van der Waals surface area contributed by atoms with E-state index in [9.17, 15) is 61.5 Å². The lowest BCUT2D eigenvalue weighted by molar-refractivity contribution is -0.145. The lowest BCUT2D eigenvalue weighted by Crippen LogP contribution is -2.46. The Kier molecular flexibility index (Phi) is 19.3. The summed E-state index contributed by atoms with van der Waals surface area (Å²) in [5.41, 5.74) is 8.19. The Hall–Kier alpha value is -6.88. The van der Waals surface area contributed by atoms with Crippen molar-refractivity contribution in [3.63, 3.8) is 0 Å². The highest BCUT2D eigenvalue weighted by molar-refractivity contribution is 7.92. The summed E-state index contributed by atoms with van der Waals surface area (Å²) in [7, 11) is -7.02. The number of nitrogens with one attached hydrogen (secondary N) is 3. The van der Waals surface area contributed by atoms with E-state index in [2.05, 4.69) is 34.7 Å². The van der Waals surface area contributed by atoms with Crippen LogP contribution < -0.4 is 30.3 Å². The molecule has 2 aliphatic heterocycles. The minimum Gasteiger partial charge on any atom is -0.372 e. The Balaban J connectivity index is 0.000000218. The maximum absolute atomic E-state index is 14.9. The van der Waals surface area contributed by atoms with Gasteiger partial charge in [-0.25, -0.2) is 45.6 Å². The minimum atomic E-state index is -4.77. The number of fused-ring (bicyclic) bond motifs is 2. The van der Waals surface area contributed by atoms with Crippen molar-refractivity contribution >= 4 is 76.6 Å². The molecule has 5 N–H and O–H groups in total. The van der Waals surface area contributed by atoms with Crippen LogP contribution in [0.1, 0.15) is 115 Å². The van der Waals surface area contributed by atoms with Crippen LogP contribution in [-0.2, 0) is 41.9 Å². The smallest absolute Gasteiger partial charge is 0.372 e. The second-order valence-electron chi connectivity index (χ2n) is 20.2. The maximum Gasteiger partial charge on any atom is 0.451 e. The van der Waals surface area contributed by atoms with Crippen molar-refractivity contribution in [2.75, 3.05) is 57.9 Å². The van der Waals surface area contributed by atoms with E-state index in [1.165, 1.54) is 43.3 Å². The highest BCUT2D eigenvalue weighted by Gasteiger charge is 2.38. The van der Waals surface area contributed by atoms with Crippen molar-refractivity contribution in [3.05, 3.63) is 117 Å². The van der Waals surface area contributed by atoms with Crippen LogP contribution in [-0.4, -0.2) is 112 Å². The molecule has 2 saturated heterocycles. The van der Waals surface area contributed by atoms with Crippen molar-refractivity contribution in [1.29, 1.82) is 0 Å². The summed E-state index contributed by atoms with van der Waals surface area (Å²) in [4.78, 5) is 43.2. The number of alkyl halides is 6. The van der Waals surface area contributed by atoms with E-state index in [4.69, 9.17) is 15.2 Å². The molecule has 4 heterocycles. The number of carbonyl (C=O) groups excluding carboxylic acids is 2. The summed E-state index contributed by atoms with van der Waals surface area (Å²) in [5, 5.41) is 3.38. The number of anilines is 4. The number of ether oxygens (including phenoxy) is 2. The van der Waals surface area contributed by atoms with Crippen LogP contribution >= 0.6 is 0 Å². The van der Waals surface area contributed by atoms with Crippen molar-refractivity contribution in [2.24, 2.45) is 5.73 Å². The molecule has 6 aromatic rings. The van der Waals surface area contributed by atoms with Gasteiger partial charge >= 0.3 is 12.4 Å². The number of rotatable bonds is 11. The average molecular weight is 1180 g/mol. The number of sulfonamides is 2. The lowest BCUT2D eigenvalue weighted by atomic mass is 10.0. The Bertz CT molecular complexity index is 3560. The molecular weight excluding hydrogens is 1120 g/mol. The molecule has 1 amide bonds. The number of Topliss-reactive ketones (excluding diaryl/α,β-unsaturated/α-hetero) is 1. The van der Waals surface area contributed by atoms with Crippen LogP contribution in [0.5, 0.6) is 0 Å². The molecule has 8 rings (SSSR count).